The minimum atomic E-state index is -1.58. The predicted molar refractivity (Wildman–Crippen MR) is 383 cm³/mol. The molecule has 1 fully saturated rings. The van der Waals surface area contributed by atoms with Crippen LogP contribution in [0.2, 0.25) is 0 Å². The Labute approximate surface area is 552 Å². The number of aliphatic hydroxyl groups excluding tert-OH is 5. The van der Waals surface area contributed by atoms with E-state index in [-0.39, 0.29) is 12.5 Å². The van der Waals surface area contributed by atoms with E-state index < -0.39 is 49.5 Å². The highest BCUT2D eigenvalue weighted by Crippen LogP contribution is 2.24. The van der Waals surface area contributed by atoms with Gasteiger partial charge in [-0.15, -0.1) is 0 Å². The Morgan fingerprint density at radius 3 is 0.944 bits per heavy atom. The number of unbranched alkanes of at least 4 members (excludes halogenated alkanes) is 54. The van der Waals surface area contributed by atoms with Crippen LogP contribution < -0.4 is 5.32 Å². The summed E-state index contributed by atoms with van der Waals surface area (Å²) in [4.78, 5) is 13.1. The molecule has 7 unspecified atom stereocenters. The van der Waals surface area contributed by atoms with Crippen molar-refractivity contribution >= 4 is 5.91 Å². The monoisotopic (exact) mass is 1250 g/mol. The van der Waals surface area contributed by atoms with Gasteiger partial charge in [0.2, 0.25) is 5.91 Å². The van der Waals surface area contributed by atoms with E-state index in [1.165, 1.54) is 334 Å². The van der Waals surface area contributed by atoms with Crippen LogP contribution in [0.25, 0.3) is 0 Å². The molecule has 7 atom stereocenters. The van der Waals surface area contributed by atoms with E-state index in [2.05, 4.69) is 55.6 Å². The summed E-state index contributed by atoms with van der Waals surface area (Å²) in [5.74, 6) is -0.183. The van der Waals surface area contributed by atoms with Crippen molar-refractivity contribution in [3.05, 3.63) is 48.6 Å². The third-order valence-corrected chi connectivity index (χ3v) is 18.9. The molecule has 9 heteroatoms. The van der Waals surface area contributed by atoms with Gasteiger partial charge in [-0.05, 0) is 70.6 Å². The van der Waals surface area contributed by atoms with Crippen LogP contribution in [0.3, 0.4) is 0 Å². The Hall–Kier alpha value is -1.85. The number of rotatable bonds is 70. The fourth-order valence-corrected chi connectivity index (χ4v) is 12.7. The second-order valence-corrected chi connectivity index (χ2v) is 27.5. The molecule has 6 N–H and O–H groups in total. The Balaban J connectivity index is 2.06. The first-order chi connectivity index (χ1) is 43.8. The number of amides is 1. The van der Waals surface area contributed by atoms with E-state index in [1.807, 2.05) is 6.08 Å². The summed E-state index contributed by atoms with van der Waals surface area (Å²) in [5, 5.41) is 54.8. The minimum absolute atomic E-state index is 0.183. The zero-order valence-electron chi connectivity index (χ0n) is 59.0. The Morgan fingerprint density at radius 2 is 0.640 bits per heavy atom. The lowest BCUT2D eigenvalue weighted by Gasteiger charge is -2.40. The van der Waals surface area contributed by atoms with Gasteiger partial charge in [0.1, 0.15) is 24.4 Å². The summed E-state index contributed by atoms with van der Waals surface area (Å²) >= 11 is 0. The fraction of sp³-hybridized carbons (Fsp3) is 0.887. The van der Waals surface area contributed by atoms with Crippen molar-refractivity contribution in [1.29, 1.82) is 0 Å². The maximum atomic E-state index is 13.1. The minimum Gasteiger partial charge on any atom is -0.394 e. The van der Waals surface area contributed by atoms with Gasteiger partial charge in [-0.3, -0.25) is 4.79 Å². The molecule has 1 saturated heterocycles. The highest BCUT2D eigenvalue weighted by atomic mass is 16.7. The summed E-state index contributed by atoms with van der Waals surface area (Å²) in [5.41, 5.74) is 0. The topological polar surface area (TPSA) is 149 Å². The molecule has 89 heavy (non-hydrogen) atoms. The average Bonchev–Trinajstić information content (AvgIpc) is 2.59. The maximum Gasteiger partial charge on any atom is 0.220 e. The molecule has 0 spiro atoms. The molecule has 1 aliphatic rings. The lowest BCUT2D eigenvalue weighted by atomic mass is 9.99. The van der Waals surface area contributed by atoms with Crippen LogP contribution in [0.1, 0.15) is 399 Å². The molecule has 0 bridgehead atoms. The van der Waals surface area contributed by atoms with Crippen molar-refractivity contribution in [2.75, 3.05) is 13.2 Å². The van der Waals surface area contributed by atoms with Gasteiger partial charge in [0.05, 0.1) is 25.4 Å². The average molecular weight is 1260 g/mol. The molecular formula is C80H151NO8. The summed E-state index contributed by atoms with van der Waals surface area (Å²) < 4.78 is 11.3. The van der Waals surface area contributed by atoms with Crippen LogP contribution in [0, 0.1) is 0 Å². The summed E-state index contributed by atoms with van der Waals surface area (Å²) in [6, 6.07) is -0.829. The van der Waals surface area contributed by atoms with Gasteiger partial charge >= 0.3 is 0 Å². The lowest BCUT2D eigenvalue weighted by Crippen LogP contribution is -2.60. The third kappa shape index (κ3) is 57.3. The van der Waals surface area contributed by atoms with Gasteiger partial charge in [0.15, 0.2) is 6.29 Å². The molecule has 1 heterocycles. The highest BCUT2D eigenvalue weighted by Gasteiger charge is 2.44. The van der Waals surface area contributed by atoms with E-state index in [1.54, 1.807) is 6.08 Å². The number of ether oxygens (including phenoxy) is 2. The molecule has 1 rings (SSSR count). The first-order valence-electron chi connectivity index (χ1n) is 39.4. The molecule has 9 nitrogen and oxygen atoms in total. The van der Waals surface area contributed by atoms with Gasteiger partial charge in [-0.1, -0.05) is 371 Å². The molecule has 0 aromatic carbocycles. The quantitative estimate of drug-likeness (QED) is 0.0261. The zero-order valence-corrected chi connectivity index (χ0v) is 59.0. The molecular weight excluding hydrogens is 1100 g/mol. The van der Waals surface area contributed by atoms with Gasteiger partial charge < -0.3 is 40.3 Å². The Bertz CT molecular complexity index is 1550. The highest BCUT2D eigenvalue weighted by molar-refractivity contribution is 5.76. The maximum absolute atomic E-state index is 13.1. The molecule has 0 radical (unpaired) electrons. The van der Waals surface area contributed by atoms with Crippen molar-refractivity contribution in [1.82, 2.24) is 5.32 Å². The molecule has 524 valence electrons. The molecule has 0 aromatic rings. The second kappa shape index (κ2) is 69.0. The van der Waals surface area contributed by atoms with Crippen molar-refractivity contribution in [3.63, 3.8) is 0 Å². The summed E-state index contributed by atoms with van der Waals surface area (Å²) in [6.07, 6.45) is 88.4. The summed E-state index contributed by atoms with van der Waals surface area (Å²) in [6.45, 7) is 3.81. The van der Waals surface area contributed by atoms with E-state index in [4.69, 9.17) is 9.47 Å². The van der Waals surface area contributed by atoms with Crippen LogP contribution in [-0.2, 0) is 14.3 Å². The van der Waals surface area contributed by atoms with Crippen molar-refractivity contribution in [2.45, 2.75) is 442 Å². The SMILES string of the molecule is CCCCCCCCCC/C=C\CCCCCCCCCCCCCCCCCCCCCCCCCCCCCCCC(=O)NC(COC1OC(CO)C(O)C(O)C1O)C(O)/C=C/CC/C=C/CC/C=C/CCCCCCCCCCCCCCCCC. The van der Waals surface area contributed by atoms with E-state index >= 15 is 0 Å². The largest absolute Gasteiger partial charge is 0.394 e. The molecule has 0 aromatic heterocycles. The van der Waals surface area contributed by atoms with Crippen LogP contribution in [0.4, 0.5) is 0 Å². The van der Waals surface area contributed by atoms with Gasteiger partial charge in [0.25, 0.3) is 0 Å². The smallest absolute Gasteiger partial charge is 0.220 e. The number of hydrogen-bond donors (Lipinski definition) is 6. The van der Waals surface area contributed by atoms with Crippen LogP contribution in [0.15, 0.2) is 48.6 Å². The molecule has 0 saturated carbocycles. The molecule has 1 amide bonds. The van der Waals surface area contributed by atoms with Crippen LogP contribution in [-0.4, -0.2) is 87.5 Å². The Morgan fingerprint density at radius 1 is 0.371 bits per heavy atom. The fourth-order valence-electron chi connectivity index (χ4n) is 12.7. The first kappa shape index (κ1) is 85.2. The number of carbonyl (C=O) groups is 1. The Kier molecular flexibility index (Phi) is 66.0. The summed E-state index contributed by atoms with van der Waals surface area (Å²) in [7, 11) is 0. The van der Waals surface area contributed by atoms with Gasteiger partial charge in [0, 0.05) is 6.42 Å². The zero-order chi connectivity index (χ0) is 64.2. The lowest BCUT2D eigenvalue weighted by molar-refractivity contribution is -0.302. The number of nitrogens with one attached hydrogen (secondary N) is 1. The normalized spacial score (nSPS) is 18.0. The van der Waals surface area contributed by atoms with Crippen molar-refractivity contribution < 1.29 is 39.8 Å². The van der Waals surface area contributed by atoms with Crippen LogP contribution >= 0.6 is 0 Å². The van der Waals surface area contributed by atoms with E-state index in [9.17, 15) is 30.3 Å². The van der Waals surface area contributed by atoms with Crippen molar-refractivity contribution in [3.8, 4) is 0 Å². The molecule has 1 aliphatic heterocycles. The molecule has 0 aliphatic carbocycles. The van der Waals surface area contributed by atoms with Gasteiger partial charge in [-0.2, -0.15) is 0 Å². The van der Waals surface area contributed by atoms with Crippen molar-refractivity contribution in [2.24, 2.45) is 0 Å². The number of allylic oxidation sites excluding steroid dienone is 7. The second-order valence-electron chi connectivity index (χ2n) is 27.5. The standard InChI is InChI=1S/C80H151NO8/c1-3-5-7-9-11-13-15-17-19-21-23-25-27-29-30-31-32-33-34-35-36-37-38-39-40-41-42-43-44-46-48-50-52-54-56-58-60-62-64-66-68-70-76(84)81-73(72-88-80-79(87)78(86)77(85)75(71-82)89-80)74(83)69-67-65-63-61-59-57-55-53-51-49-47-45-28-26-24-22-20-18-16-14-12-10-8-6-4-2/h21,23,51,53,59,61,67,69,73-75,77-80,82-83,85-87H,3-20,22,24-50,52,54-58,60,62-66,68,70-72H2,1-2H3,(H,81,84)/b23-21-,53-51+,61-59+,69-67+. The number of hydrogen-bond acceptors (Lipinski definition) is 8. The first-order valence-corrected chi connectivity index (χ1v) is 39.4. The van der Waals surface area contributed by atoms with Gasteiger partial charge in [-0.25, -0.2) is 0 Å². The van der Waals surface area contributed by atoms with E-state index in [0.717, 1.165) is 44.9 Å². The third-order valence-electron chi connectivity index (χ3n) is 18.9. The number of carbonyl (C=O) groups excluding carboxylic acids is 1. The van der Waals surface area contributed by atoms with E-state index in [0.29, 0.717) is 6.42 Å². The predicted octanol–water partition coefficient (Wildman–Crippen LogP) is 22.3. The van der Waals surface area contributed by atoms with Crippen LogP contribution in [0.5, 0.6) is 0 Å². The number of aliphatic hydroxyl groups is 5.